The summed E-state index contributed by atoms with van der Waals surface area (Å²) in [6.45, 7) is 0. The second-order valence-electron chi connectivity index (χ2n) is 2.95. The molecule has 0 aliphatic carbocycles. The third kappa shape index (κ3) is 2.37. The van der Waals surface area contributed by atoms with E-state index in [0.29, 0.717) is 17.2 Å². The van der Waals surface area contributed by atoms with E-state index < -0.39 is 0 Å². The minimum absolute atomic E-state index is 0.570. The van der Waals surface area contributed by atoms with Crippen molar-refractivity contribution in [3.8, 4) is 0 Å². The van der Waals surface area contributed by atoms with E-state index >= 15 is 0 Å². The molecule has 0 fully saturated rings. The highest BCUT2D eigenvalue weighted by Gasteiger charge is 1.94. The van der Waals surface area contributed by atoms with Crippen molar-refractivity contribution in [3.63, 3.8) is 0 Å². The molecule has 4 nitrogen and oxygen atoms in total. The average molecular weight is 198 g/mol. The zero-order valence-corrected chi connectivity index (χ0v) is 8.04. The van der Waals surface area contributed by atoms with Gasteiger partial charge in [0.25, 0.3) is 0 Å². The number of nitrogens with two attached hydrogens (primary N) is 1. The van der Waals surface area contributed by atoms with Gasteiger partial charge in [-0.05, 0) is 24.3 Å². The van der Waals surface area contributed by atoms with Gasteiger partial charge in [0.15, 0.2) is 5.82 Å². The molecule has 0 amide bonds. The molecule has 0 atom stereocenters. The summed E-state index contributed by atoms with van der Waals surface area (Å²) in [6.07, 6.45) is 1.67. The van der Waals surface area contributed by atoms with Crippen LogP contribution in [0.1, 0.15) is 0 Å². The van der Waals surface area contributed by atoms with Gasteiger partial charge < -0.3 is 5.73 Å². The smallest absolute Gasteiger partial charge is 0.174 e. The summed E-state index contributed by atoms with van der Waals surface area (Å²) in [4.78, 5) is 4.02. The molecule has 1 heterocycles. The number of anilines is 1. The minimum Gasteiger partial charge on any atom is -0.397 e. The summed E-state index contributed by atoms with van der Waals surface area (Å²) in [5, 5.41) is 7.98. The van der Waals surface area contributed by atoms with E-state index in [-0.39, 0.29) is 0 Å². The molecular weight excluding hydrogens is 188 g/mol. The van der Waals surface area contributed by atoms with Crippen LogP contribution in [-0.4, -0.2) is 4.98 Å². The standard InChI is InChI=1S/C11H10N4/c12-9-5-1-2-6-10(9)14-15-11-7-3-4-8-13-11/h1-8H,12H2. The zero-order valence-electron chi connectivity index (χ0n) is 8.04. The summed E-state index contributed by atoms with van der Waals surface area (Å²) in [7, 11) is 0. The molecule has 4 heteroatoms. The normalized spacial score (nSPS) is 10.7. The largest absolute Gasteiger partial charge is 0.397 e. The summed E-state index contributed by atoms with van der Waals surface area (Å²) < 4.78 is 0. The highest BCUT2D eigenvalue weighted by Crippen LogP contribution is 2.22. The lowest BCUT2D eigenvalue weighted by atomic mass is 10.3. The molecule has 2 aromatic rings. The maximum Gasteiger partial charge on any atom is 0.174 e. The Kier molecular flexibility index (Phi) is 2.69. The van der Waals surface area contributed by atoms with Crippen molar-refractivity contribution < 1.29 is 0 Å². The van der Waals surface area contributed by atoms with Gasteiger partial charge in [0.2, 0.25) is 0 Å². The first-order valence-corrected chi connectivity index (χ1v) is 4.53. The first-order chi connectivity index (χ1) is 7.36. The van der Waals surface area contributed by atoms with Crippen LogP contribution in [0.25, 0.3) is 0 Å². The van der Waals surface area contributed by atoms with Crippen LogP contribution in [-0.2, 0) is 0 Å². The highest BCUT2D eigenvalue weighted by atomic mass is 15.1. The lowest BCUT2D eigenvalue weighted by Crippen LogP contribution is -1.82. The summed E-state index contributed by atoms with van der Waals surface area (Å²) in [5.41, 5.74) is 6.97. The van der Waals surface area contributed by atoms with Crippen molar-refractivity contribution in [3.05, 3.63) is 48.7 Å². The SMILES string of the molecule is Nc1ccccc1N=Nc1ccccn1. The van der Waals surface area contributed by atoms with Gasteiger partial charge >= 0.3 is 0 Å². The van der Waals surface area contributed by atoms with Crippen LogP contribution in [0.5, 0.6) is 0 Å². The Balaban J connectivity index is 2.23. The monoisotopic (exact) mass is 198 g/mol. The van der Waals surface area contributed by atoms with Gasteiger partial charge in [-0.1, -0.05) is 18.2 Å². The molecule has 0 saturated heterocycles. The van der Waals surface area contributed by atoms with Crippen LogP contribution in [0, 0.1) is 0 Å². The predicted octanol–water partition coefficient (Wildman–Crippen LogP) is 3.08. The van der Waals surface area contributed by atoms with Gasteiger partial charge in [0, 0.05) is 6.20 Å². The van der Waals surface area contributed by atoms with Crippen molar-refractivity contribution >= 4 is 17.2 Å². The molecule has 0 unspecified atom stereocenters. The van der Waals surface area contributed by atoms with Crippen molar-refractivity contribution in [2.24, 2.45) is 10.2 Å². The molecule has 15 heavy (non-hydrogen) atoms. The Bertz CT molecular complexity index is 465. The Hall–Kier alpha value is -2.23. The number of azo groups is 1. The minimum atomic E-state index is 0.570. The van der Waals surface area contributed by atoms with Crippen LogP contribution in [0.3, 0.4) is 0 Å². The fourth-order valence-electron chi connectivity index (χ4n) is 1.10. The number of pyridine rings is 1. The van der Waals surface area contributed by atoms with E-state index in [0.717, 1.165) is 0 Å². The Morgan fingerprint density at radius 2 is 1.73 bits per heavy atom. The maximum absolute atomic E-state index is 5.71. The highest BCUT2D eigenvalue weighted by molar-refractivity contribution is 5.61. The van der Waals surface area contributed by atoms with Crippen molar-refractivity contribution in [2.75, 3.05) is 5.73 Å². The summed E-state index contributed by atoms with van der Waals surface area (Å²) in [6, 6.07) is 12.8. The third-order valence-corrected chi connectivity index (χ3v) is 1.85. The topological polar surface area (TPSA) is 63.6 Å². The molecule has 74 valence electrons. The number of rotatable bonds is 2. The first-order valence-electron chi connectivity index (χ1n) is 4.53. The second kappa shape index (κ2) is 4.32. The summed E-state index contributed by atoms with van der Waals surface area (Å²) >= 11 is 0. The molecule has 2 N–H and O–H groups in total. The van der Waals surface area contributed by atoms with Crippen molar-refractivity contribution in [2.45, 2.75) is 0 Å². The molecule has 1 aromatic carbocycles. The molecule has 1 aromatic heterocycles. The number of nitrogen functional groups attached to an aromatic ring is 1. The van der Waals surface area contributed by atoms with E-state index in [1.807, 2.05) is 30.3 Å². The van der Waals surface area contributed by atoms with Gasteiger partial charge in [-0.15, -0.1) is 10.2 Å². The van der Waals surface area contributed by atoms with Gasteiger partial charge in [0.1, 0.15) is 5.69 Å². The molecule has 0 saturated carbocycles. The number of nitrogens with zero attached hydrogens (tertiary/aromatic N) is 3. The van der Waals surface area contributed by atoms with E-state index in [2.05, 4.69) is 15.2 Å². The van der Waals surface area contributed by atoms with E-state index in [1.165, 1.54) is 0 Å². The number of hydrogen-bond donors (Lipinski definition) is 1. The maximum atomic E-state index is 5.71. The lowest BCUT2D eigenvalue weighted by molar-refractivity contribution is 1.16. The number of hydrogen-bond acceptors (Lipinski definition) is 4. The molecule has 0 aliphatic heterocycles. The Morgan fingerprint density at radius 1 is 0.933 bits per heavy atom. The van der Waals surface area contributed by atoms with Crippen LogP contribution in [0.15, 0.2) is 58.9 Å². The van der Waals surface area contributed by atoms with Gasteiger partial charge in [-0.25, -0.2) is 4.98 Å². The summed E-state index contributed by atoms with van der Waals surface area (Å²) in [5.74, 6) is 0.570. The van der Waals surface area contributed by atoms with Crippen LogP contribution in [0.4, 0.5) is 17.2 Å². The van der Waals surface area contributed by atoms with Crippen LogP contribution in [0.2, 0.25) is 0 Å². The second-order valence-corrected chi connectivity index (χ2v) is 2.95. The molecule has 0 bridgehead atoms. The van der Waals surface area contributed by atoms with Crippen molar-refractivity contribution in [1.82, 2.24) is 4.98 Å². The molecule has 0 radical (unpaired) electrons. The zero-order chi connectivity index (χ0) is 10.5. The van der Waals surface area contributed by atoms with Gasteiger partial charge in [0.05, 0.1) is 5.69 Å². The van der Waals surface area contributed by atoms with E-state index in [4.69, 9.17) is 5.73 Å². The number of aromatic nitrogens is 1. The lowest BCUT2D eigenvalue weighted by Gasteiger charge is -1.96. The Labute approximate surface area is 87.5 Å². The third-order valence-electron chi connectivity index (χ3n) is 1.85. The number of benzene rings is 1. The number of para-hydroxylation sites is 1. The Morgan fingerprint density at radius 3 is 2.47 bits per heavy atom. The fraction of sp³-hybridized carbons (Fsp3) is 0. The van der Waals surface area contributed by atoms with Gasteiger partial charge in [-0.3, -0.25) is 0 Å². The van der Waals surface area contributed by atoms with Crippen molar-refractivity contribution in [1.29, 1.82) is 0 Å². The average Bonchev–Trinajstić information content (AvgIpc) is 2.29. The fourth-order valence-corrected chi connectivity index (χ4v) is 1.10. The molecule has 0 spiro atoms. The molecule has 0 aliphatic rings. The van der Waals surface area contributed by atoms with Crippen LogP contribution >= 0.6 is 0 Å². The van der Waals surface area contributed by atoms with E-state index in [9.17, 15) is 0 Å². The van der Waals surface area contributed by atoms with E-state index in [1.54, 1.807) is 18.3 Å². The first kappa shape index (κ1) is 9.33. The molecular formula is C11H10N4. The predicted molar refractivity (Wildman–Crippen MR) is 59.3 cm³/mol. The quantitative estimate of drug-likeness (QED) is 0.595. The van der Waals surface area contributed by atoms with Crippen LogP contribution < -0.4 is 5.73 Å². The van der Waals surface area contributed by atoms with Gasteiger partial charge in [-0.2, -0.15) is 0 Å². The molecule has 2 rings (SSSR count).